The SMILES string of the molecule is N[C@H](C=O)COCCc1ccsc1-c1ccc(-c2sccc2CCOC[C@H](N)C=O)cc1. The van der Waals surface area contributed by atoms with E-state index in [4.69, 9.17) is 20.9 Å². The molecule has 32 heavy (non-hydrogen) atoms. The first-order chi connectivity index (χ1) is 15.6. The van der Waals surface area contributed by atoms with Crippen LogP contribution in [-0.2, 0) is 31.9 Å². The van der Waals surface area contributed by atoms with Gasteiger partial charge < -0.3 is 30.5 Å². The van der Waals surface area contributed by atoms with Crippen LogP contribution in [0.25, 0.3) is 20.9 Å². The van der Waals surface area contributed by atoms with Crippen molar-refractivity contribution in [2.24, 2.45) is 11.5 Å². The van der Waals surface area contributed by atoms with Crippen LogP contribution >= 0.6 is 22.7 Å². The van der Waals surface area contributed by atoms with E-state index < -0.39 is 12.1 Å². The number of carbonyl (C=O) groups is 2. The van der Waals surface area contributed by atoms with Gasteiger partial charge in [0.2, 0.25) is 0 Å². The van der Waals surface area contributed by atoms with Crippen molar-refractivity contribution >= 4 is 35.2 Å². The molecule has 6 nitrogen and oxygen atoms in total. The lowest BCUT2D eigenvalue weighted by Crippen LogP contribution is -2.27. The fourth-order valence-corrected chi connectivity index (χ4v) is 5.15. The zero-order valence-electron chi connectivity index (χ0n) is 17.8. The number of rotatable bonds is 14. The van der Waals surface area contributed by atoms with E-state index in [-0.39, 0.29) is 13.2 Å². The maximum atomic E-state index is 10.6. The summed E-state index contributed by atoms with van der Waals surface area (Å²) in [6, 6.07) is 11.7. The monoisotopic (exact) mass is 472 g/mol. The third-order valence-electron chi connectivity index (χ3n) is 4.90. The van der Waals surface area contributed by atoms with Gasteiger partial charge in [0, 0.05) is 9.75 Å². The molecule has 0 saturated carbocycles. The van der Waals surface area contributed by atoms with Crippen LogP contribution in [0.5, 0.6) is 0 Å². The van der Waals surface area contributed by atoms with Crippen LogP contribution in [0.15, 0.2) is 47.2 Å². The van der Waals surface area contributed by atoms with Gasteiger partial charge in [-0.1, -0.05) is 24.3 Å². The van der Waals surface area contributed by atoms with Crippen LogP contribution in [-0.4, -0.2) is 51.1 Å². The molecule has 0 spiro atoms. The van der Waals surface area contributed by atoms with E-state index in [0.717, 1.165) is 12.8 Å². The molecule has 8 heteroatoms. The van der Waals surface area contributed by atoms with Crippen LogP contribution in [0.2, 0.25) is 0 Å². The van der Waals surface area contributed by atoms with E-state index >= 15 is 0 Å². The molecule has 0 saturated heterocycles. The van der Waals surface area contributed by atoms with Gasteiger partial charge in [0.1, 0.15) is 12.6 Å². The lowest BCUT2D eigenvalue weighted by Gasteiger charge is -2.09. The molecule has 0 bridgehead atoms. The minimum absolute atomic E-state index is 0.246. The summed E-state index contributed by atoms with van der Waals surface area (Å²) < 4.78 is 11.0. The summed E-state index contributed by atoms with van der Waals surface area (Å²) in [5.41, 5.74) is 15.9. The van der Waals surface area contributed by atoms with E-state index in [0.29, 0.717) is 25.8 Å². The number of hydrogen-bond acceptors (Lipinski definition) is 8. The normalized spacial score (nSPS) is 13.1. The Bertz CT molecular complexity index is 905. The van der Waals surface area contributed by atoms with Gasteiger partial charge in [0.15, 0.2) is 0 Å². The predicted octanol–water partition coefficient (Wildman–Crippen LogP) is 3.31. The first-order valence-electron chi connectivity index (χ1n) is 10.4. The molecule has 0 aliphatic carbocycles. The maximum Gasteiger partial charge on any atom is 0.139 e. The third kappa shape index (κ3) is 6.90. The molecule has 170 valence electrons. The zero-order valence-corrected chi connectivity index (χ0v) is 19.4. The second-order valence-electron chi connectivity index (χ2n) is 7.38. The first-order valence-corrected chi connectivity index (χ1v) is 12.2. The molecule has 3 rings (SSSR count). The van der Waals surface area contributed by atoms with Crippen LogP contribution < -0.4 is 11.5 Å². The summed E-state index contributed by atoms with van der Waals surface area (Å²) in [5, 5.41) is 4.17. The summed E-state index contributed by atoms with van der Waals surface area (Å²) in [5.74, 6) is 0. The standard InChI is InChI=1S/C24H28N2O4S2/c25-21(13-27)15-29-9-5-19-7-11-31-23(19)17-1-2-18(4-3-17)24-20(8-12-32-24)6-10-30-16-22(26)14-28/h1-4,7-8,11-14,21-22H,5-6,9-10,15-16,25-26H2/t21-,22-/m1/s1. The Hall–Kier alpha value is -2.20. The Labute approximate surface area is 196 Å². The van der Waals surface area contributed by atoms with Crippen molar-refractivity contribution in [2.75, 3.05) is 26.4 Å². The molecular weight excluding hydrogens is 444 g/mol. The van der Waals surface area contributed by atoms with Crippen molar-refractivity contribution in [1.29, 1.82) is 0 Å². The van der Waals surface area contributed by atoms with Crippen LogP contribution in [0.3, 0.4) is 0 Å². The Kier molecular flexibility index (Phi) is 9.73. The molecular formula is C24H28N2O4S2. The highest BCUT2D eigenvalue weighted by molar-refractivity contribution is 7.14. The molecule has 0 unspecified atom stereocenters. The number of ether oxygens (including phenoxy) is 2. The summed E-state index contributed by atoms with van der Waals surface area (Å²) in [6.45, 7) is 1.55. The zero-order chi connectivity index (χ0) is 22.8. The van der Waals surface area contributed by atoms with Crippen molar-refractivity contribution in [3.05, 3.63) is 58.3 Å². The van der Waals surface area contributed by atoms with Gasteiger partial charge in [-0.25, -0.2) is 0 Å². The predicted molar refractivity (Wildman–Crippen MR) is 130 cm³/mol. The lowest BCUT2D eigenvalue weighted by molar-refractivity contribution is -0.110. The molecule has 2 aromatic heterocycles. The second-order valence-corrected chi connectivity index (χ2v) is 9.21. The van der Waals surface area contributed by atoms with E-state index in [1.54, 1.807) is 22.7 Å². The average molecular weight is 473 g/mol. The Morgan fingerprint density at radius 2 is 1.12 bits per heavy atom. The summed E-state index contributed by atoms with van der Waals surface area (Å²) >= 11 is 3.42. The maximum absolute atomic E-state index is 10.6. The van der Waals surface area contributed by atoms with Crippen LogP contribution in [0.1, 0.15) is 11.1 Å². The molecule has 0 aliphatic rings. The molecule has 4 N–H and O–H groups in total. The highest BCUT2D eigenvalue weighted by Gasteiger charge is 2.11. The van der Waals surface area contributed by atoms with Crippen LogP contribution in [0.4, 0.5) is 0 Å². The molecule has 3 aromatic rings. The van der Waals surface area contributed by atoms with Crippen molar-refractivity contribution in [3.8, 4) is 20.9 Å². The van der Waals surface area contributed by atoms with Crippen molar-refractivity contribution in [3.63, 3.8) is 0 Å². The van der Waals surface area contributed by atoms with Gasteiger partial charge in [-0.05, 0) is 58.0 Å². The van der Waals surface area contributed by atoms with E-state index in [9.17, 15) is 9.59 Å². The number of benzene rings is 1. The molecule has 1 aromatic carbocycles. The van der Waals surface area contributed by atoms with E-state index in [1.165, 1.54) is 32.0 Å². The van der Waals surface area contributed by atoms with Gasteiger partial charge in [-0.15, -0.1) is 22.7 Å². The van der Waals surface area contributed by atoms with E-state index in [2.05, 4.69) is 47.2 Å². The van der Waals surface area contributed by atoms with Crippen molar-refractivity contribution in [1.82, 2.24) is 0 Å². The summed E-state index contributed by atoms with van der Waals surface area (Å²) in [4.78, 5) is 23.6. The topological polar surface area (TPSA) is 105 Å². The number of nitrogens with two attached hydrogens (primary N) is 2. The minimum Gasteiger partial charge on any atom is -0.379 e. The number of hydrogen-bond donors (Lipinski definition) is 2. The number of carbonyl (C=O) groups excluding carboxylic acids is 2. The lowest BCUT2D eigenvalue weighted by atomic mass is 10.0. The fourth-order valence-electron chi connectivity index (χ4n) is 3.23. The van der Waals surface area contributed by atoms with Gasteiger partial charge in [-0.3, -0.25) is 0 Å². The summed E-state index contributed by atoms with van der Waals surface area (Å²) in [6.07, 6.45) is 2.95. The molecule has 2 heterocycles. The van der Waals surface area contributed by atoms with Gasteiger partial charge >= 0.3 is 0 Å². The number of thiophene rings is 2. The Morgan fingerprint density at radius 1 is 0.719 bits per heavy atom. The second kappa shape index (κ2) is 12.7. The highest BCUT2D eigenvalue weighted by Crippen LogP contribution is 2.34. The molecule has 0 fully saturated rings. The minimum atomic E-state index is -0.563. The van der Waals surface area contributed by atoms with Crippen molar-refractivity contribution < 1.29 is 19.1 Å². The largest absolute Gasteiger partial charge is 0.379 e. The van der Waals surface area contributed by atoms with Gasteiger partial charge in [0.25, 0.3) is 0 Å². The average Bonchev–Trinajstić information content (AvgIpc) is 3.49. The number of aldehydes is 2. The molecule has 0 radical (unpaired) electrons. The smallest absolute Gasteiger partial charge is 0.139 e. The molecule has 0 aliphatic heterocycles. The van der Waals surface area contributed by atoms with E-state index in [1.807, 2.05) is 0 Å². The quantitative estimate of drug-likeness (QED) is 0.276. The first kappa shape index (κ1) is 24.4. The molecule has 2 atom stereocenters. The highest BCUT2D eigenvalue weighted by atomic mass is 32.1. The third-order valence-corrected chi connectivity index (χ3v) is 6.92. The fraction of sp³-hybridized carbons (Fsp3) is 0.333. The summed E-state index contributed by atoms with van der Waals surface area (Å²) in [7, 11) is 0. The molecule has 0 amide bonds. The van der Waals surface area contributed by atoms with Gasteiger partial charge in [0.05, 0.1) is 38.5 Å². The van der Waals surface area contributed by atoms with Crippen molar-refractivity contribution in [2.45, 2.75) is 24.9 Å². The van der Waals surface area contributed by atoms with Gasteiger partial charge in [-0.2, -0.15) is 0 Å². The Morgan fingerprint density at radius 3 is 1.50 bits per heavy atom. The Balaban J connectivity index is 1.60. The van der Waals surface area contributed by atoms with Crippen LogP contribution in [0, 0.1) is 0 Å².